The molecular formula is C20H25NO3. The van der Waals surface area contributed by atoms with Crippen LogP contribution in [-0.4, -0.2) is 18.4 Å². The van der Waals surface area contributed by atoms with Gasteiger partial charge in [0.15, 0.2) is 5.78 Å². The molecule has 0 saturated heterocycles. The fourth-order valence-electron chi connectivity index (χ4n) is 4.39. The molecule has 1 unspecified atom stereocenters. The van der Waals surface area contributed by atoms with E-state index in [9.17, 15) is 9.59 Å². The average Bonchev–Trinajstić information content (AvgIpc) is 2.86. The number of carbonyl (C=O) groups excluding carboxylic acids is 2. The first kappa shape index (κ1) is 16.7. The van der Waals surface area contributed by atoms with Crippen LogP contribution in [0.3, 0.4) is 0 Å². The molecule has 2 aliphatic carbocycles. The van der Waals surface area contributed by atoms with E-state index in [1.165, 1.54) is 23.6 Å². The molecule has 1 aromatic rings. The molecule has 2 aliphatic rings. The third kappa shape index (κ3) is 2.54. The predicted octanol–water partition coefficient (Wildman–Crippen LogP) is 3.60. The zero-order valence-electron chi connectivity index (χ0n) is 14.7. The second-order valence-electron chi connectivity index (χ2n) is 6.98. The highest BCUT2D eigenvalue weighted by molar-refractivity contribution is 6.06. The first-order chi connectivity index (χ1) is 11.4. The van der Waals surface area contributed by atoms with Crippen LogP contribution < -0.4 is 5.73 Å². The smallest absolute Gasteiger partial charge is 0.302 e. The number of Topliss-reactive ketones (excluding diaryl/α,β-unsaturated/α-hetero) is 1. The summed E-state index contributed by atoms with van der Waals surface area (Å²) in [5, 5.41) is 0. The van der Waals surface area contributed by atoms with Crippen molar-refractivity contribution in [1.29, 1.82) is 0 Å². The van der Waals surface area contributed by atoms with Crippen molar-refractivity contribution in [3.05, 3.63) is 34.4 Å². The van der Waals surface area contributed by atoms with Crippen LogP contribution in [0.5, 0.6) is 0 Å². The number of ketones is 1. The molecule has 3 rings (SSSR count). The summed E-state index contributed by atoms with van der Waals surface area (Å²) in [5.74, 6) is 0.00778. The van der Waals surface area contributed by atoms with E-state index in [1.54, 1.807) is 0 Å². The minimum Gasteiger partial charge on any atom is -0.466 e. The van der Waals surface area contributed by atoms with E-state index >= 15 is 0 Å². The lowest BCUT2D eigenvalue weighted by molar-refractivity contribution is -0.141. The molecule has 1 aromatic carbocycles. The van der Waals surface area contributed by atoms with Gasteiger partial charge in [0.2, 0.25) is 0 Å². The second kappa shape index (κ2) is 6.08. The lowest BCUT2D eigenvalue weighted by Crippen LogP contribution is -2.30. The summed E-state index contributed by atoms with van der Waals surface area (Å²) in [6.07, 6.45) is 3.78. The van der Waals surface area contributed by atoms with Crippen molar-refractivity contribution < 1.29 is 14.3 Å². The lowest BCUT2D eigenvalue weighted by Gasteiger charge is -2.36. The molecule has 24 heavy (non-hydrogen) atoms. The van der Waals surface area contributed by atoms with Gasteiger partial charge in [-0.15, -0.1) is 0 Å². The summed E-state index contributed by atoms with van der Waals surface area (Å²) in [7, 11) is 0. The molecule has 0 heterocycles. The van der Waals surface area contributed by atoms with Crippen molar-refractivity contribution in [2.75, 3.05) is 12.3 Å². The Kier molecular flexibility index (Phi) is 4.24. The number of fused-ring (bicyclic) bond motifs is 3. The van der Waals surface area contributed by atoms with Crippen LogP contribution in [-0.2, 0) is 20.7 Å². The van der Waals surface area contributed by atoms with Gasteiger partial charge < -0.3 is 10.5 Å². The van der Waals surface area contributed by atoms with Crippen LogP contribution in [0.1, 0.15) is 56.2 Å². The number of nitrogen functional groups attached to an aromatic ring is 1. The summed E-state index contributed by atoms with van der Waals surface area (Å²) in [5.41, 5.74) is 12.5. The van der Waals surface area contributed by atoms with Crippen molar-refractivity contribution in [3.63, 3.8) is 0 Å². The molecule has 128 valence electrons. The van der Waals surface area contributed by atoms with Gasteiger partial charge in [0.25, 0.3) is 0 Å². The van der Waals surface area contributed by atoms with Crippen molar-refractivity contribution >= 4 is 23.0 Å². The van der Waals surface area contributed by atoms with Crippen molar-refractivity contribution in [3.8, 4) is 0 Å². The predicted molar refractivity (Wildman–Crippen MR) is 94.4 cm³/mol. The van der Waals surface area contributed by atoms with Gasteiger partial charge in [0.05, 0.1) is 6.61 Å². The quantitative estimate of drug-likeness (QED) is 0.677. The van der Waals surface area contributed by atoms with Crippen molar-refractivity contribution in [2.45, 2.75) is 52.9 Å². The van der Waals surface area contributed by atoms with Crippen molar-refractivity contribution in [2.24, 2.45) is 5.41 Å². The summed E-state index contributed by atoms with van der Waals surface area (Å²) >= 11 is 0. The SMILES string of the molecule is CCC1=C2c3ccc(N)c(C)c3CC2(CCOC(C)=O)CCC1=O. The lowest BCUT2D eigenvalue weighted by atomic mass is 9.67. The van der Waals surface area contributed by atoms with Gasteiger partial charge in [-0.1, -0.05) is 13.0 Å². The van der Waals surface area contributed by atoms with Crippen molar-refractivity contribution in [1.82, 2.24) is 0 Å². The summed E-state index contributed by atoms with van der Waals surface area (Å²) in [6.45, 7) is 5.93. The Labute approximate surface area is 143 Å². The van der Waals surface area contributed by atoms with Gasteiger partial charge in [-0.2, -0.15) is 0 Å². The summed E-state index contributed by atoms with van der Waals surface area (Å²) in [6, 6.07) is 4.00. The van der Waals surface area contributed by atoms with Gasteiger partial charge in [-0.25, -0.2) is 0 Å². The summed E-state index contributed by atoms with van der Waals surface area (Å²) < 4.78 is 5.22. The molecule has 0 aromatic heterocycles. The monoisotopic (exact) mass is 327 g/mol. The fraction of sp³-hybridized carbons (Fsp3) is 0.500. The van der Waals surface area contributed by atoms with Gasteiger partial charge in [-0.3, -0.25) is 9.59 Å². The van der Waals surface area contributed by atoms with E-state index in [4.69, 9.17) is 10.5 Å². The van der Waals surface area contributed by atoms with E-state index in [2.05, 4.69) is 13.0 Å². The van der Waals surface area contributed by atoms with Crippen LogP contribution in [0.4, 0.5) is 5.69 Å². The van der Waals surface area contributed by atoms with Gasteiger partial charge >= 0.3 is 5.97 Å². The number of anilines is 1. The van der Waals surface area contributed by atoms with Gasteiger partial charge in [0, 0.05) is 24.4 Å². The highest BCUT2D eigenvalue weighted by atomic mass is 16.5. The standard InChI is InChI=1S/C20H25NO3/c1-4-14-18(23)7-8-20(9-10-24-13(3)22)11-16-12(2)17(21)6-5-15(16)19(14)20/h5-6H,4,7-11,21H2,1-3H3. The van der Waals surface area contributed by atoms with E-state index < -0.39 is 0 Å². The Morgan fingerprint density at radius 3 is 2.79 bits per heavy atom. The number of hydrogen-bond donors (Lipinski definition) is 1. The number of esters is 1. The molecule has 0 fully saturated rings. The summed E-state index contributed by atoms with van der Waals surface area (Å²) in [4.78, 5) is 23.6. The average molecular weight is 327 g/mol. The highest BCUT2D eigenvalue weighted by Crippen LogP contribution is 2.57. The largest absolute Gasteiger partial charge is 0.466 e. The first-order valence-electron chi connectivity index (χ1n) is 8.68. The van der Waals surface area contributed by atoms with Crippen LogP contribution in [0.25, 0.3) is 5.57 Å². The van der Waals surface area contributed by atoms with E-state index in [0.717, 1.165) is 42.5 Å². The maximum atomic E-state index is 12.5. The number of carbonyl (C=O) groups is 2. The molecule has 4 nitrogen and oxygen atoms in total. The van der Waals surface area contributed by atoms with Crippen LogP contribution in [0.2, 0.25) is 0 Å². The Hall–Kier alpha value is -2.10. The van der Waals surface area contributed by atoms with Gasteiger partial charge in [-0.05, 0) is 66.5 Å². The molecule has 0 saturated carbocycles. The molecule has 0 aliphatic heterocycles. The molecule has 2 N–H and O–H groups in total. The third-order valence-corrected chi connectivity index (χ3v) is 5.66. The highest BCUT2D eigenvalue weighted by Gasteiger charge is 2.47. The number of ether oxygens (including phenoxy) is 1. The molecule has 4 heteroatoms. The zero-order chi connectivity index (χ0) is 17.5. The fourth-order valence-corrected chi connectivity index (χ4v) is 4.39. The minimum atomic E-state index is -0.254. The Morgan fingerprint density at radius 1 is 1.38 bits per heavy atom. The maximum Gasteiger partial charge on any atom is 0.302 e. The molecular weight excluding hydrogens is 302 g/mol. The molecule has 0 amide bonds. The molecule has 0 radical (unpaired) electrons. The number of allylic oxidation sites excluding steroid dienone is 2. The Bertz CT molecular complexity index is 747. The normalized spacial score (nSPS) is 22.4. The number of hydrogen-bond acceptors (Lipinski definition) is 4. The number of nitrogens with two attached hydrogens (primary N) is 1. The van der Waals surface area contributed by atoms with E-state index in [0.29, 0.717) is 13.0 Å². The Morgan fingerprint density at radius 2 is 2.12 bits per heavy atom. The molecule has 0 bridgehead atoms. The number of benzene rings is 1. The molecule has 1 atom stereocenters. The maximum absolute atomic E-state index is 12.5. The van der Waals surface area contributed by atoms with Crippen LogP contribution >= 0.6 is 0 Å². The Balaban J connectivity index is 2.11. The second-order valence-corrected chi connectivity index (χ2v) is 6.98. The van der Waals surface area contributed by atoms with E-state index in [-0.39, 0.29) is 17.2 Å². The molecule has 0 spiro atoms. The van der Waals surface area contributed by atoms with Crippen LogP contribution in [0, 0.1) is 12.3 Å². The van der Waals surface area contributed by atoms with Crippen LogP contribution in [0.15, 0.2) is 17.7 Å². The first-order valence-corrected chi connectivity index (χ1v) is 8.68. The topological polar surface area (TPSA) is 69.4 Å². The zero-order valence-corrected chi connectivity index (χ0v) is 14.7. The minimum absolute atomic E-state index is 0.102. The van der Waals surface area contributed by atoms with Gasteiger partial charge in [0.1, 0.15) is 0 Å². The third-order valence-electron chi connectivity index (χ3n) is 5.66. The van der Waals surface area contributed by atoms with E-state index in [1.807, 2.05) is 13.0 Å². The number of rotatable bonds is 4.